The van der Waals surface area contributed by atoms with Crippen molar-refractivity contribution >= 4 is 50.7 Å². The van der Waals surface area contributed by atoms with Crippen molar-refractivity contribution in [1.29, 1.82) is 0 Å². The number of hydrogen-bond acceptors (Lipinski definition) is 3. The molecular formula is C36H28N2O2. The van der Waals surface area contributed by atoms with Gasteiger partial charge in [0.05, 0.1) is 5.69 Å². The number of fused-ring (bicyclic) bond motifs is 3. The molecule has 0 fully saturated rings. The maximum atomic E-state index is 13.3. The predicted octanol–water partition coefficient (Wildman–Crippen LogP) is 8.40. The summed E-state index contributed by atoms with van der Waals surface area (Å²) < 4.78 is 6.49. The lowest BCUT2D eigenvalue weighted by Gasteiger charge is -2.16. The van der Waals surface area contributed by atoms with Crippen molar-refractivity contribution in [2.45, 2.75) is 6.42 Å². The standard InChI is InChI=1S/C36H28N2O2/c1-38(2)32-18-17-25(26-15-9-10-16-27(26)32)20-29-28-21-30-33(22-31(28)37-36(29)39)40-34(19-23-11-5-3-6-12-23)35(30)24-13-7-4-8-14-24/h3-18,20-22H,19H2,1-2H3,(H,37,39)/b29-20-. The van der Waals surface area contributed by atoms with E-state index in [0.717, 1.165) is 61.1 Å². The Morgan fingerprint density at radius 3 is 2.23 bits per heavy atom. The maximum Gasteiger partial charge on any atom is 0.256 e. The molecule has 0 bridgehead atoms. The normalized spacial score (nSPS) is 13.7. The molecule has 0 saturated heterocycles. The van der Waals surface area contributed by atoms with Crippen LogP contribution in [0.1, 0.15) is 22.5 Å². The van der Waals surface area contributed by atoms with E-state index in [-0.39, 0.29) is 5.91 Å². The zero-order chi connectivity index (χ0) is 27.2. The Kier molecular flexibility index (Phi) is 5.75. The number of carbonyl (C=O) groups is 1. The van der Waals surface area contributed by atoms with Crippen LogP contribution in [0.2, 0.25) is 0 Å². The number of benzene rings is 5. The van der Waals surface area contributed by atoms with Crippen molar-refractivity contribution < 1.29 is 9.21 Å². The number of nitrogens with zero attached hydrogens (tertiary/aromatic N) is 1. The van der Waals surface area contributed by atoms with Crippen LogP contribution in [0.15, 0.2) is 114 Å². The summed E-state index contributed by atoms with van der Waals surface area (Å²) in [7, 11) is 4.10. The number of furan rings is 1. The first-order valence-corrected chi connectivity index (χ1v) is 13.5. The van der Waals surface area contributed by atoms with Crippen LogP contribution in [0.3, 0.4) is 0 Å². The molecule has 1 aromatic heterocycles. The smallest absolute Gasteiger partial charge is 0.256 e. The van der Waals surface area contributed by atoms with E-state index in [1.165, 1.54) is 5.56 Å². The van der Waals surface area contributed by atoms with Gasteiger partial charge in [0, 0.05) is 59.7 Å². The lowest BCUT2D eigenvalue weighted by Crippen LogP contribution is -2.09. The summed E-state index contributed by atoms with van der Waals surface area (Å²) in [4.78, 5) is 15.4. The van der Waals surface area contributed by atoms with E-state index >= 15 is 0 Å². The molecule has 0 spiro atoms. The van der Waals surface area contributed by atoms with Crippen LogP contribution in [0.25, 0.3) is 44.5 Å². The fraction of sp³-hybridized carbons (Fsp3) is 0.0833. The summed E-state index contributed by atoms with van der Waals surface area (Å²) in [5.74, 6) is 0.812. The van der Waals surface area contributed by atoms with E-state index in [2.05, 4.69) is 83.0 Å². The summed E-state index contributed by atoms with van der Waals surface area (Å²) in [6.07, 6.45) is 2.70. The molecule has 40 heavy (non-hydrogen) atoms. The highest BCUT2D eigenvalue weighted by atomic mass is 16.3. The molecule has 0 saturated carbocycles. The van der Waals surface area contributed by atoms with E-state index in [0.29, 0.717) is 12.0 Å². The number of anilines is 2. The van der Waals surface area contributed by atoms with Gasteiger partial charge < -0.3 is 14.6 Å². The maximum absolute atomic E-state index is 13.3. The van der Waals surface area contributed by atoms with Gasteiger partial charge in [-0.05, 0) is 40.3 Å². The molecular weight excluding hydrogens is 492 g/mol. The van der Waals surface area contributed by atoms with Crippen LogP contribution >= 0.6 is 0 Å². The molecule has 1 amide bonds. The van der Waals surface area contributed by atoms with E-state index < -0.39 is 0 Å². The van der Waals surface area contributed by atoms with Gasteiger partial charge in [-0.15, -0.1) is 0 Å². The average molecular weight is 521 g/mol. The van der Waals surface area contributed by atoms with Crippen molar-refractivity contribution in [2.24, 2.45) is 0 Å². The van der Waals surface area contributed by atoms with Gasteiger partial charge >= 0.3 is 0 Å². The molecule has 194 valence electrons. The Morgan fingerprint density at radius 1 is 0.775 bits per heavy atom. The molecule has 1 N–H and O–H groups in total. The Labute approximate surface area is 233 Å². The van der Waals surface area contributed by atoms with Gasteiger partial charge in [-0.1, -0.05) is 91.0 Å². The topological polar surface area (TPSA) is 45.5 Å². The Hall–Kier alpha value is -5.09. The van der Waals surface area contributed by atoms with Crippen molar-refractivity contribution in [3.63, 3.8) is 0 Å². The molecule has 2 heterocycles. The summed E-state index contributed by atoms with van der Waals surface area (Å²) in [6, 6.07) is 37.4. The second kappa shape index (κ2) is 9.58. The molecule has 4 nitrogen and oxygen atoms in total. The lowest BCUT2D eigenvalue weighted by atomic mass is 9.95. The third kappa shape index (κ3) is 4.05. The molecule has 7 rings (SSSR count). The second-order valence-electron chi connectivity index (χ2n) is 10.4. The van der Waals surface area contributed by atoms with Gasteiger partial charge in [0.25, 0.3) is 5.91 Å². The third-order valence-corrected chi connectivity index (χ3v) is 7.67. The quantitative estimate of drug-likeness (QED) is 0.232. The molecule has 4 heteroatoms. The van der Waals surface area contributed by atoms with Crippen LogP contribution in [-0.4, -0.2) is 20.0 Å². The Bertz CT molecular complexity index is 1930. The first kappa shape index (κ1) is 24.0. The molecule has 0 aliphatic carbocycles. The number of carbonyl (C=O) groups excluding carboxylic acids is 1. The molecule has 0 radical (unpaired) electrons. The van der Waals surface area contributed by atoms with Gasteiger partial charge in [0.1, 0.15) is 11.3 Å². The molecule has 1 aliphatic heterocycles. The van der Waals surface area contributed by atoms with Crippen molar-refractivity contribution in [1.82, 2.24) is 0 Å². The minimum absolute atomic E-state index is 0.103. The molecule has 0 unspecified atom stereocenters. The highest BCUT2D eigenvalue weighted by molar-refractivity contribution is 6.36. The second-order valence-corrected chi connectivity index (χ2v) is 10.4. The van der Waals surface area contributed by atoms with Crippen LogP contribution in [-0.2, 0) is 11.2 Å². The summed E-state index contributed by atoms with van der Waals surface area (Å²) in [5, 5.41) is 6.35. The van der Waals surface area contributed by atoms with Crippen LogP contribution < -0.4 is 10.2 Å². The summed E-state index contributed by atoms with van der Waals surface area (Å²) in [6.45, 7) is 0. The fourth-order valence-corrected chi connectivity index (χ4v) is 5.78. The van der Waals surface area contributed by atoms with Crippen LogP contribution in [0, 0.1) is 0 Å². The van der Waals surface area contributed by atoms with Gasteiger partial charge in [0.2, 0.25) is 0 Å². The molecule has 1 aliphatic rings. The van der Waals surface area contributed by atoms with Gasteiger partial charge in [-0.25, -0.2) is 0 Å². The number of amides is 1. The van der Waals surface area contributed by atoms with Crippen LogP contribution in [0.4, 0.5) is 11.4 Å². The zero-order valence-corrected chi connectivity index (χ0v) is 22.4. The van der Waals surface area contributed by atoms with E-state index in [4.69, 9.17) is 4.42 Å². The van der Waals surface area contributed by atoms with E-state index in [9.17, 15) is 4.79 Å². The Balaban J connectivity index is 1.41. The average Bonchev–Trinajstić information content (AvgIpc) is 3.47. The number of hydrogen-bond donors (Lipinski definition) is 1. The predicted molar refractivity (Wildman–Crippen MR) is 166 cm³/mol. The van der Waals surface area contributed by atoms with Crippen molar-refractivity contribution in [2.75, 3.05) is 24.3 Å². The number of nitrogens with one attached hydrogen (secondary N) is 1. The van der Waals surface area contributed by atoms with Gasteiger partial charge in [0.15, 0.2) is 0 Å². The van der Waals surface area contributed by atoms with Gasteiger partial charge in [-0.2, -0.15) is 0 Å². The molecule has 0 atom stereocenters. The van der Waals surface area contributed by atoms with E-state index in [1.807, 2.05) is 56.6 Å². The fourth-order valence-electron chi connectivity index (χ4n) is 5.78. The minimum Gasteiger partial charge on any atom is -0.460 e. The number of rotatable bonds is 5. The third-order valence-electron chi connectivity index (χ3n) is 7.67. The SMILES string of the molecule is CN(C)c1ccc(/C=C2\C(=O)Nc3cc4oc(Cc5ccccc5)c(-c5ccccc5)c4cc32)c2ccccc12. The highest BCUT2D eigenvalue weighted by Crippen LogP contribution is 2.43. The van der Waals surface area contributed by atoms with Crippen molar-refractivity contribution in [3.05, 3.63) is 132 Å². The largest absolute Gasteiger partial charge is 0.460 e. The molecule has 5 aromatic carbocycles. The van der Waals surface area contributed by atoms with E-state index in [1.54, 1.807) is 0 Å². The Morgan fingerprint density at radius 2 is 1.48 bits per heavy atom. The van der Waals surface area contributed by atoms with Crippen molar-refractivity contribution in [3.8, 4) is 11.1 Å². The van der Waals surface area contributed by atoms with Crippen LogP contribution in [0.5, 0.6) is 0 Å². The highest BCUT2D eigenvalue weighted by Gasteiger charge is 2.28. The first-order valence-electron chi connectivity index (χ1n) is 13.5. The first-order chi connectivity index (χ1) is 19.6. The molecule has 6 aromatic rings. The summed E-state index contributed by atoms with van der Waals surface area (Å²) in [5.41, 5.74) is 8.61. The monoisotopic (exact) mass is 520 g/mol. The van der Waals surface area contributed by atoms with Gasteiger partial charge in [-0.3, -0.25) is 4.79 Å². The summed E-state index contributed by atoms with van der Waals surface area (Å²) >= 11 is 0. The minimum atomic E-state index is -0.103. The lowest BCUT2D eigenvalue weighted by molar-refractivity contribution is -0.110. The zero-order valence-electron chi connectivity index (χ0n) is 22.4.